The lowest BCUT2D eigenvalue weighted by molar-refractivity contribution is -0.869. The van der Waals surface area contributed by atoms with Crippen LogP contribution in [0.4, 0.5) is 11.4 Å². The molecule has 1 fully saturated rings. The fourth-order valence-electron chi connectivity index (χ4n) is 3.62. The summed E-state index contributed by atoms with van der Waals surface area (Å²) >= 11 is 6.01. The zero-order valence-electron chi connectivity index (χ0n) is 14.1. The van der Waals surface area contributed by atoms with Gasteiger partial charge in [0, 0.05) is 12.6 Å². The molecule has 4 heteroatoms. The second-order valence-electron chi connectivity index (χ2n) is 6.24. The van der Waals surface area contributed by atoms with E-state index in [2.05, 4.69) is 95.9 Å². The quantitative estimate of drug-likeness (QED) is 0.731. The van der Waals surface area contributed by atoms with E-state index in [0.29, 0.717) is 0 Å². The van der Waals surface area contributed by atoms with Crippen LogP contribution in [-0.4, -0.2) is 17.6 Å². The Balaban J connectivity index is 1.82. The first-order valence-electron chi connectivity index (χ1n) is 8.47. The molecule has 0 spiro atoms. The highest BCUT2D eigenvalue weighted by atomic mass is 32.1. The van der Waals surface area contributed by atoms with Gasteiger partial charge in [0.1, 0.15) is 5.69 Å². The van der Waals surface area contributed by atoms with Crippen molar-refractivity contribution in [1.29, 1.82) is 0 Å². The zero-order chi connectivity index (χ0) is 17.2. The predicted octanol–water partition coefficient (Wildman–Crippen LogP) is 3.10. The van der Waals surface area contributed by atoms with Gasteiger partial charge in [0.25, 0.3) is 0 Å². The Labute approximate surface area is 154 Å². The Kier molecular flexibility index (Phi) is 4.49. The van der Waals surface area contributed by atoms with E-state index in [9.17, 15) is 0 Å². The highest BCUT2D eigenvalue weighted by Crippen LogP contribution is 2.29. The summed E-state index contributed by atoms with van der Waals surface area (Å²) in [5.74, 6) is 0. The van der Waals surface area contributed by atoms with Crippen molar-refractivity contribution in [2.75, 3.05) is 12.1 Å². The third-order valence-corrected chi connectivity index (χ3v) is 5.19. The molecule has 1 N–H and O–H groups in total. The fraction of sp³-hybridized carbons (Fsp3) is 0.143. The first-order valence-corrected chi connectivity index (χ1v) is 8.94. The van der Waals surface area contributed by atoms with Crippen LogP contribution in [-0.2, 0) is 12.6 Å². The Hall–Kier alpha value is -2.27. The number of hydrazine groups is 1. The summed E-state index contributed by atoms with van der Waals surface area (Å²) < 4.78 is 0. The molecule has 0 bridgehead atoms. The summed E-state index contributed by atoms with van der Waals surface area (Å²) in [5, 5.41) is 4.49. The number of hydrogen-bond donors (Lipinski definition) is 1. The second-order valence-corrected chi connectivity index (χ2v) is 6.69. The lowest BCUT2D eigenvalue weighted by Gasteiger charge is -2.33. The van der Waals surface area contributed by atoms with Gasteiger partial charge >= 0.3 is 0 Å². The van der Waals surface area contributed by atoms with Crippen LogP contribution >= 0.6 is 0 Å². The molecular weight excluding hydrogens is 326 g/mol. The molecule has 0 aromatic heterocycles. The average molecular weight is 347 g/mol. The third kappa shape index (κ3) is 2.93. The highest BCUT2D eigenvalue weighted by Gasteiger charge is 2.43. The minimum Gasteiger partial charge on any atom is -0.702 e. The van der Waals surface area contributed by atoms with E-state index >= 15 is 0 Å². The van der Waals surface area contributed by atoms with Crippen molar-refractivity contribution in [3.63, 3.8) is 0 Å². The largest absolute Gasteiger partial charge is 0.702 e. The number of hydrogen-bond acceptors (Lipinski definition) is 3. The van der Waals surface area contributed by atoms with Gasteiger partial charge in [-0.05, 0) is 24.3 Å². The van der Waals surface area contributed by atoms with Crippen molar-refractivity contribution in [3.8, 4) is 0 Å². The van der Waals surface area contributed by atoms with E-state index < -0.39 is 0 Å². The van der Waals surface area contributed by atoms with Crippen molar-refractivity contribution < 1.29 is 4.90 Å². The average Bonchev–Trinajstić information content (AvgIpc) is 2.94. The molecule has 1 aliphatic heterocycles. The molecule has 1 aliphatic rings. The first kappa shape index (κ1) is 16.2. The van der Waals surface area contributed by atoms with E-state index in [0.717, 1.165) is 5.69 Å². The third-order valence-electron chi connectivity index (χ3n) is 4.74. The predicted molar refractivity (Wildman–Crippen MR) is 104 cm³/mol. The number of rotatable bonds is 3. The Bertz CT molecular complexity index is 759. The van der Waals surface area contributed by atoms with Crippen LogP contribution in [0.2, 0.25) is 0 Å². The SMILES string of the molecule is CN1C(c2ccccc2)[NH+](c2ccccc2)C([S-])N1c1ccccc1. The molecule has 3 aromatic rings. The molecule has 3 unspecified atom stereocenters. The summed E-state index contributed by atoms with van der Waals surface area (Å²) in [5.41, 5.74) is 3.47. The summed E-state index contributed by atoms with van der Waals surface area (Å²) in [7, 11) is 2.12. The van der Waals surface area contributed by atoms with Gasteiger partial charge in [-0.3, -0.25) is 9.91 Å². The fourth-order valence-corrected chi connectivity index (χ4v) is 4.15. The minimum absolute atomic E-state index is 0.125. The van der Waals surface area contributed by atoms with Crippen LogP contribution in [0.5, 0.6) is 0 Å². The van der Waals surface area contributed by atoms with Gasteiger partial charge < -0.3 is 12.6 Å². The van der Waals surface area contributed by atoms with E-state index in [1.165, 1.54) is 16.2 Å². The second kappa shape index (κ2) is 6.92. The number of nitrogens with one attached hydrogen (secondary N) is 1. The molecule has 1 heterocycles. The molecule has 3 nitrogen and oxygen atoms in total. The minimum atomic E-state index is -0.125. The van der Waals surface area contributed by atoms with E-state index in [1.54, 1.807) is 0 Å². The maximum absolute atomic E-state index is 6.01. The standard InChI is InChI=1S/C21H21N3S/c1-22-20(17-11-5-2-6-12-17)23(18-13-7-3-8-14-18)21(25)24(22)19-15-9-4-10-16-19/h2-16,20-21,25H,1H3. The van der Waals surface area contributed by atoms with Crippen LogP contribution in [0.25, 0.3) is 0 Å². The topological polar surface area (TPSA) is 10.9 Å². The van der Waals surface area contributed by atoms with Crippen molar-refractivity contribution in [2.45, 2.75) is 11.7 Å². The summed E-state index contributed by atoms with van der Waals surface area (Å²) in [6, 6.07) is 31.5. The normalized spacial score (nSPS) is 23.8. The molecule has 3 atom stereocenters. The van der Waals surface area contributed by atoms with Crippen molar-refractivity contribution in [2.24, 2.45) is 0 Å². The smallest absolute Gasteiger partial charge is 0.191 e. The number of benzene rings is 3. The maximum atomic E-state index is 6.01. The van der Waals surface area contributed by atoms with Crippen LogP contribution in [0.1, 0.15) is 11.7 Å². The van der Waals surface area contributed by atoms with Gasteiger partial charge in [-0.25, -0.2) is 0 Å². The van der Waals surface area contributed by atoms with Gasteiger partial charge in [-0.1, -0.05) is 66.7 Å². The van der Waals surface area contributed by atoms with Gasteiger partial charge in [0.15, 0.2) is 6.17 Å². The molecule has 3 aromatic carbocycles. The molecular formula is C21H21N3S. The molecule has 4 rings (SSSR count). The first-order chi connectivity index (χ1) is 12.3. The summed E-state index contributed by atoms with van der Waals surface area (Å²) in [6.45, 7) is 0. The lowest BCUT2D eigenvalue weighted by Crippen LogP contribution is -3.10. The van der Waals surface area contributed by atoms with E-state index in [1.807, 2.05) is 12.1 Å². The number of anilines is 1. The molecule has 0 aliphatic carbocycles. The monoisotopic (exact) mass is 347 g/mol. The van der Waals surface area contributed by atoms with E-state index in [4.69, 9.17) is 12.6 Å². The van der Waals surface area contributed by atoms with Crippen molar-refractivity contribution in [3.05, 3.63) is 96.6 Å². The van der Waals surface area contributed by atoms with Gasteiger partial charge in [-0.15, -0.1) is 0 Å². The van der Waals surface area contributed by atoms with Gasteiger partial charge in [0.05, 0.1) is 11.2 Å². The van der Waals surface area contributed by atoms with Gasteiger partial charge in [0.2, 0.25) is 0 Å². The molecule has 0 amide bonds. The highest BCUT2D eigenvalue weighted by molar-refractivity contribution is 7.59. The zero-order valence-corrected chi connectivity index (χ0v) is 14.9. The number of quaternary nitrogens is 1. The number of nitrogens with zero attached hydrogens (tertiary/aromatic N) is 2. The summed E-state index contributed by atoms with van der Waals surface area (Å²) in [6.07, 6.45) is 0.131. The molecule has 0 radical (unpaired) electrons. The van der Waals surface area contributed by atoms with Crippen LogP contribution < -0.4 is 9.91 Å². The maximum Gasteiger partial charge on any atom is 0.191 e. The van der Waals surface area contributed by atoms with Gasteiger partial charge in [-0.2, -0.15) is 5.01 Å². The molecule has 1 saturated heterocycles. The van der Waals surface area contributed by atoms with Crippen LogP contribution in [0.3, 0.4) is 0 Å². The Morgan fingerprint density at radius 2 is 1.28 bits per heavy atom. The van der Waals surface area contributed by atoms with Crippen LogP contribution in [0.15, 0.2) is 91.0 Å². The Morgan fingerprint density at radius 3 is 1.88 bits per heavy atom. The molecule has 25 heavy (non-hydrogen) atoms. The lowest BCUT2D eigenvalue weighted by atomic mass is 10.1. The van der Waals surface area contributed by atoms with Crippen molar-refractivity contribution >= 4 is 24.0 Å². The summed E-state index contributed by atoms with van der Waals surface area (Å²) in [4.78, 5) is 1.26. The van der Waals surface area contributed by atoms with Crippen LogP contribution in [0, 0.1) is 0 Å². The number of para-hydroxylation sites is 2. The molecule has 126 valence electrons. The van der Waals surface area contributed by atoms with Crippen molar-refractivity contribution in [1.82, 2.24) is 5.01 Å². The molecule has 0 saturated carbocycles. The van der Waals surface area contributed by atoms with E-state index in [-0.39, 0.29) is 11.7 Å². The Morgan fingerprint density at radius 1 is 0.760 bits per heavy atom.